The minimum absolute atomic E-state index is 0. The zero-order valence-corrected chi connectivity index (χ0v) is 18.3. The Kier molecular flexibility index (Phi) is 9.35. The standard InChI is InChI=1S/C23H24BrNO2.ClH/c1-26-21-10-7-18(8-11-21)13-14-25-16-20-9-12-23(22(24)15-20)27-17-19-5-3-2-4-6-19;/h2-12,15,25H,13-14,16-17H2,1H3;1H. The van der Waals surface area contributed by atoms with E-state index in [0.29, 0.717) is 6.61 Å². The van der Waals surface area contributed by atoms with Crippen LogP contribution in [0.15, 0.2) is 77.3 Å². The molecule has 0 fully saturated rings. The first-order valence-electron chi connectivity index (χ1n) is 9.03. The first-order valence-corrected chi connectivity index (χ1v) is 9.83. The summed E-state index contributed by atoms with van der Waals surface area (Å²) in [7, 11) is 1.69. The van der Waals surface area contributed by atoms with E-state index in [1.165, 1.54) is 11.1 Å². The second-order valence-corrected chi connectivity index (χ2v) is 7.17. The van der Waals surface area contributed by atoms with Gasteiger partial charge in [-0.1, -0.05) is 48.5 Å². The van der Waals surface area contributed by atoms with Crippen LogP contribution < -0.4 is 14.8 Å². The van der Waals surface area contributed by atoms with Crippen LogP contribution in [0.1, 0.15) is 16.7 Å². The van der Waals surface area contributed by atoms with Gasteiger partial charge in [-0.15, -0.1) is 12.4 Å². The largest absolute Gasteiger partial charge is 0.497 e. The summed E-state index contributed by atoms with van der Waals surface area (Å²) in [5, 5.41) is 3.49. The highest BCUT2D eigenvalue weighted by Gasteiger charge is 2.04. The molecule has 28 heavy (non-hydrogen) atoms. The van der Waals surface area contributed by atoms with Gasteiger partial charge in [-0.25, -0.2) is 0 Å². The normalized spacial score (nSPS) is 10.2. The lowest BCUT2D eigenvalue weighted by Crippen LogP contribution is -2.16. The molecule has 0 saturated carbocycles. The molecular weight excluding hydrogens is 438 g/mol. The molecule has 0 aliphatic rings. The quantitative estimate of drug-likeness (QED) is 0.408. The van der Waals surface area contributed by atoms with Gasteiger partial charge in [0.25, 0.3) is 0 Å². The van der Waals surface area contributed by atoms with E-state index in [1.54, 1.807) is 7.11 Å². The molecule has 1 N–H and O–H groups in total. The Hall–Kier alpha value is -2.01. The van der Waals surface area contributed by atoms with Crippen molar-refractivity contribution in [3.63, 3.8) is 0 Å². The third-order valence-electron chi connectivity index (χ3n) is 4.31. The van der Waals surface area contributed by atoms with Crippen LogP contribution in [-0.4, -0.2) is 13.7 Å². The highest BCUT2D eigenvalue weighted by Crippen LogP contribution is 2.26. The minimum atomic E-state index is 0. The Bertz CT molecular complexity index is 841. The highest BCUT2D eigenvalue weighted by atomic mass is 79.9. The molecule has 0 aromatic heterocycles. The number of halogens is 2. The Balaban J connectivity index is 0.00000280. The van der Waals surface area contributed by atoms with Crippen molar-refractivity contribution in [2.45, 2.75) is 19.6 Å². The minimum Gasteiger partial charge on any atom is -0.497 e. The third kappa shape index (κ3) is 6.86. The van der Waals surface area contributed by atoms with Crippen LogP contribution in [0, 0.1) is 0 Å². The van der Waals surface area contributed by atoms with Crippen molar-refractivity contribution < 1.29 is 9.47 Å². The first-order chi connectivity index (χ1) is 13.2. The summed E-state index contributed by atoms with van der Waals surface area (Å²) >= 11 is 3.62. The predicted octanol–water partition coefficient (Wildman–Crippen LogP) is 5.79. The number of benzene rings is 3. The van der Waals surface area contributed by atoms with Crippen molar-refractivity contribution >= 4 is 28.3 Å². The van der Waals surface area contributed by atoms with Crippen molar-refractivity contribution in [2.75, 3.05) is 13.7 Å². The monoisotopic (exact) mass is 461 g/mol. The Morgan fingerprint density at radius 1 is 0.857 bits per heavy atom. The summed E-state index contributed by atoms with van der Waals surface area (Å²) in [6.45, 7) is 2.32. The van der Waals surface area contributed by atoms with Crippen molar-refractivity contribution in [3.05, 3.63) is 94.0 Å². The van der Waals surface area contributed by atoms with Gasteiger partial charge in [-0.3, -0.25) is 0 Å². The lowest BCUT2D eigenvalue weighted by Gasteiger charge is -2.11. The Labute approximate surface area is 181 Å². The van der Waals surface area contributed by atoms with Gasteiger partial charge in [0.05, 0.1) is 11.6 Å². The first kappa shape index (κ1) is 22.3. The van der Waals surface area contributed by atoms with E-state index in [0.717, 1.165) is 41.0 Å². The van der Waals surface area contributed by atoms with Crippen molar-refractivity contribution in [2.24, 2.45) is 0 Å². The number of hydrogen-bond acceptors (Lipinski definition) is 3. The van der Waals surface area contributed by atoms with Gasteiger partial charge < -0.3 is 14.8 Å². The maximum absolute atomic E-state index is 5.90. The summed E-state index contributed by atoms with van der Waals surface area (Å²) < 4.78 is 12.1. The van der Waals surface area contributed by atoms with Crippen LogP contribution in [0.5, 0.6) is 11.5 Å². The number of methoxy groups -OCH3 is 1. The maximum Gasteiger partial charge on any atom is 0.134 e. The van der Waals surface area contributed by atoms with Crippen LogP contribution >= 0.6 is 28.3 Å². The van der Waals surface area contributed by atoms with E-state index in [1.807, 2.05) is 36.4 Å². The molecule has 0 aliphatic heterocycles. The van der Waals surface area contributed by atoms with Gasteiger partial charge in [0.2, 0.25) is 0 Å². The molecule has 0 atom stereocenters. The van der Waals surface area contributed by atoms with Crippen LogP contribution in [0.4, 0.5) is 0 Å². The fourth-order valence-corrected chi connectivity index (χ4v) is 3.30. The molecule has 0 heterocycles. The average molecular weight is 463 g/mol. The van der Waals surface area contributed by atoms with Crippen LogP contribution in [0.2, 0.25) is 0 Å². The summed E-state index contributed by atoms with van der Waals surface area (Å²) in [4.78, 5) is 0. The molecule has 148 valence electrons. The maximum atomic E-state index is 5.90. The SMILES string of the molecule is COc1ccc(CCNCc2ccc(OCc3ccccc3)c(Br)c2)cc1.Cl. The van der Waals surface area contributed by atoms with Crippen molar-refractivity contribution in [3.8, 4) is 11.5 Å². The van der Waals surface area contributed by atoms with Crippen LogP contribution in [0.25, 0.3) is 0 Å². The van der Waals surface area contributed by atoms with Gasteiger partial charge in [0.1, 0.15) is 18.1 Å². The van der Waals surface area contributed by atoms with E-state index >= 15 is 0 Å². The average Bonchev–Trinajstić information content (AvgIpc) is 2.72. The smallest absolute Gasteiger partial charge is 0.134 e. The zero-order chi connectivity index (χ0) is 18.9. The summed E-state index contributed by atoms with van der Waals surface area (Å²) in [5.41, 5.74) is 3.69. The molecule has 0 saturated heterocycles. The third-order valence-corrected chi connectivity index (χ3v) is 4.93. The molecule has 3 aromatic rings. The van der Waals surface area contributed by atoms with Crippen LogP contribution in [-0.2, 0) is 19.6 Å². The lowest BCUT2D eigenvalue weighted by atomic mass is 10.1. The topological polar surface area (TPSA) is 30.5 Å². The number of ether oxygens (including phenoxy) is 2. The molecule has 0 radical (unpaired) electrons. The van der Waals surface area contributed by atoms with E-state index in [2.05, 4.69) is 57.6 Å². The zero-order valence-electron chi connectivity index (χ0n) is 15.9. The molecule has 0 amide bonds. The molecule has 3 nitrogen and oxygen atoms in total. The van der Waals surface area contributed by atoms with E-state index < -0.39 is 0 Å². The molecule has 0 bridgehead atoms. The molecule has 5 heteroatoms. The summed E-state index contributed by atoms with van der Waals surface area (Å²) in [5.74, 6) is 1.76. The van der Waals surface area contributed by atoms with E-state index in [9.17, 15) is 0 Å². The molecule has 0 aliphatic carbocycles. The molecule has 0 spiro atoms. The second-order valence-electron chi connectivity index (χ2n) is 6.31. The molecule has 3 rings (SSSR count). The number of nitrogens with one attached hydrogen (secondary N) is 1. The van der Waals surface area contributed by atoms with Gasteiger partial charge in [-0.05, 0) is 69.9 Å². The fraction of sp³-hybridized carbons (Fsp3) is 0.217. The van der Waals surface area contributed by atoms with Crippen molar-refractivity contribution in [1.82, 2.24) is 5.32 Å². The second kappa shape index (κ2) is 11.7. The van der Waals surface area contributed by atoms with E-state index in [4.69, 9.17) is 9.47 Å². The highest BCUT2D eigenvalue weighted by molar-refractivity contribution is 9.10. The Morgan fingerprint density at radius 2 is 1.57 bits per heavy atom. The number of hydrogen-bond donors (Lipinski definition) is 1. The predicted molar refractivity (Wildman–Crippen MR) is 121 cm³/mol. The van der Waals surface area contributed by atoms with E-state index in [-0.39, 0.29) is 12.4 Å². The molecule has 3 aromatic carbocycles. The summed E-state index contributed by atoms with van der Waals surface area (Å²) in [6.07, 6.45) is 0.990. The van der Waals surface area contributed by atoms with Gasteiger partial charge in [-0.2, -0.15) is 0 Å². The fourth-order valence-electron chi connectivity index (χ4n) is 2.76. The lowest BCUT2D eigenvalue weighted by molar-refractivity contribution is 0.304. The molecule has 0 unspecified atom stereocenters. The van der Waals surface area contributed by atoms with Gasteiger partial charge in [0, 0.05) is 6.54 Å². The number of rotatable bonds is 9. The summed E-state index contributed by atoms with van der Waals surface area (Å²) in [6, 6.07) is 24.6. The molecular formula is C23H25BrClNO2. The Morgan fingerprint density at radius 3 is 2.25 bits per heavy atom. The van der Waals surface area contributed by atoms with Crippen molar-refractivity contribution in [1.29, 1.82) is 0 Å². The van der Waals surface area contributed by atoms with Gasteiger partial charge >= 0.3 is 0 Å². The van der Waals surface area contributed by atoms with Crippen LogP contribution in [0.3, 0.4) is 0 Å². The van der Waals surface area contributed by atoms with Gasteiger partial charge in [0.15, 0.2) is 0 Å².